The van der Waals surface area contributed by atoms with Gasteiger partial charge < -0.3 is 28.4 Å². The summed E-state index contributed by atoms with van der Waals surface area (Å²) in [5.74, 6) is 10.2. The Morgan fingerprint density at radius 3 is 1.32 bits per heavy atom. The summed E-state index contributed by atoms with van der Waals surface area (Å²) in [4.78, 5) is 45.1. The van der Waals surface area contributed by atoms with Gasteiger partial charge in [0.1, 0.15) is 49.8 Å². The number of carbonyl (C=O) groups excluding carboxylic acids is 4. The molecule has 40 heavy (non-hydrogen) atoms. The first-order valence-electron chi connectivity index (χ1n) is 12.5. The van der Waals surface area contributed by atoms with Crippen LogP contribution < -0.4 is 0 Å². The maximum Gasteiger partial charge on any atom is 0.303 e. The van der Waals surface area contributed by atoms with Gasteiger partial charge in [-0.2, -0.15) is 0 Å². The van der Waals surface area contributed by atoms with Crippen LogP contribution in [0.25, 0.3) is 0 Å². The van der Waals surface area contributed by atoms with Crippen molar-refractivity contribution >= 4 is 23.9 Å². The van der Waals surface area contributed by atoms with Gasteiger partial charge in [-0.05, 0) is 48.6 Å². The molecule has 1 aromatic rings. The molecule has 210 valence electrons. The lowest BCUT2D eigenvalue weighted by Gasteiger charge is -2.29. The lowest BCUT2D eigenvalue weighted by molar-refractivity contribution is -0.162. The lowest BCUT2D eigenvalue weighted by Crippen LogP contribution is -2.41. The summed E-state index contributed by atoms with van der Waals surface area (Å²) in [7, 11) is 0. The normalized spacial score (nSPS) is 24.8. The number of benzene rings is 1. The van der Waals surface area contributed by atoms with E-state index >= 15 is 0 Å². The van der Waals surface area contributed by atoms with Crippen LogP contribution in [0.2, 0.25) is 0 Å². The van der Waals surface area contributed by atoms with Crippen LogP contribution >= 0.6 is 0 Å². The molecule has 6 atom stereocenters. The Labute approximate surface area is 232 Å². The molecule has 0 radical (unpaired) electrons. The Morgan fingerprint density at radius 1 is 0.625 bits per heavy atom. The molecule has 0 unspecified atom stereocenters. The van der Waals surface area contributed by atoms with Crippen molar-refractivity contribution in [1.82, 2.24) is 0 Å². The predicted octanol–water partition coefficient (Wildman–Crippen LogP) is 2.03. The van der Waals surface area contributed by atoms with Crippen molar-refractivity contribution in [2.45, 2.75) is 64.3 Å². The van der Waals surface area contributed by atoms with E-state index in [0.29, 0.717) is 0 Å². The smallest absolute Gasteiger partial charge is 0.303 e. The number of hydrogen-bond donors (Lipinski definition) is 0. The molecule has 0 N–H and O–H groups in total. The average molecular weight is 551 g/mol. The third-order valence-corrected chi connectivity index (χ3v) is 5.44. The van der Waals surface area contributed by atoms with Crippen LogP contribution in [-0.2, 0) is 47.6 Å². The van der Waals surface area contributed by atoms with Crippen LogP contribution in [0.3, 0.4) is 0 Å². The van der Waals surface area contributed by atoms with E-state index in [-0.39, 0.29) is 13.2 Å². The van der Waals surface area contributed by atoms with Gasteiger partial charge in [0.15, 0.2) is 0 Å². The molecule has 2 aliphatic heterocycles. The van der Waals surface area contributed by atoms with Crippen molar-refractivity contribution in [2.24, 2.45) is 0 Å². The van der Waals surface area contributed by atoms with Crippen LogP contribution in [0.15, 0.2) is 48.6 Å². The Hall–Kier alpha value is -4.38. The molecule has 0 aromatic heterocycles. The van der Waals surface area contributed by atoms with Crippen LogP contribution in [0.1, 0.15) is 38.8 Å². The van der Waals surface area contributed by atoms with Crippen molar-refractivity contribution in [1.29, 1.82) is 0 Å². The molecular weight excluding hydrogens is 520 g/mol. The van der Waals surface area contributed by atoms with E-state index in [1.54, 1.807) is 48.6 Å². The van der Waals surface area contributed by atoms with Gasteiger partial charge in [0.2, 0.25) is 0 Å². The fourth-order valence-corrected chi connectivity index (χ4v) is 3.68. The largest absolute Gasteiger partial charge is 0.463 e. The minimum absolute atomic E-state index is 0.0715. The SMILES string of the molecule is CC(=O)OC[C@H]1O[C@H](C#Cc2ccc(C#C[C@@H]3C=C[C@H](OC(C)=O)[C@@H](COC(C)=O)O3)cc2)C=C[C@@H]1OC(C)=O. The number of ether oxygens (including phenoxy) is 6. The van der Waals surface area contributed by atoms with E-state index in [0.717, 1.165) is 11.1 Å². The second kappa shape index (κ2) is 14.7. The molecule has 0 bridgehead atoms. The van der Waals surface area contributed by atoms with Gasteiger partial charge in [-0.3, -0.25) is 19.2 Å². The van der Waals surface area contributed by atoms with E-state index < -0.39 is 60.5 Å². The van der Waals surface area contributed by atoms with Crippen molar-refractivity contribution in [2.75, 3.05) is 13.2 Å². The molecular formula is C30H30O10. The first-order chi connectivity index (χ1) is 19.1. The zero-order valence-electron chi connectivity index (χ0n) is 22.6. The standard InChI is InChI=1S/C30H30O10/c1-19(31)35-17-29-27(37-21(3)33)15-13-25(39-29)11-9-23-5-7-24(8-6-23)10-12-26-14-16-28(38-22(4)34)30(40-26)18-36-20(2)32/h5-8,13-16,25-30H,17-18H2,1-4H3/t25-,26-,27+,28+,29-,30-/m1/s1. The monoisotopic (exact) mass is 550 g/mol. The van der Waals surface area contributed by atoms with Gasteiger partial charge in [0.25, 0.3) is 0 Å². The Bertz CT molecular complexity index is 1170. The summed E-state index contributed by atoms with van der Waals surface area (Å²) < 4.78 is 32.2. The van der Waals surface area contributed by atoms with Gasteiger partial charge in [-0.25, -0.2) is 0 Å². The van der Waals surface area contributed by atoms with Gasteiger partial charge in [-0.15, -0.1) is 0 Å². The summed E-state index contributed by atoms with van der Waals surface area (Å²) in [5, 5.41) is 0. The first kappa shape index (κ1) is 30.2. The number of rotatable bonds is 6. The van der Waals surface area contributed by atoms with E-state index in [2.05, 4.69) is 23.7 Å². The second-order valence-corrected chi connectivity index (χ2v) is 8.83. The van der Waals surface area contributed by atoms with Crippen molar-refractivity contribution in [3.8, 4) is 23.7 Å². The quantitative estimate of drug-likeness (QED) is 0.225. The topological polar surface area (TPSA) is 124 Å². The zero-order chi connectivity index (χ0) is 29.1. The van der Waals surface area contributed by atoms with E-state index in [4.69, 9.17) is 28.4 Å². The number of esters is 4. The Morgan fingerprint density at radius 2 is 1.00 bits per heavy atom. The summed E-state index contributed by atoms with van der Waals surface area (Å²) in [6.07, 6.45) is 2.82. The number of hydrogen-bond acceptors (Lipinski definition) is 10. The molecule has 3 rings (SSSR count). The molecule has 0 fully saturated rings. The van der Waals surface area contributed by atoms with Crippen molar-refractivity contribution in [3.63, 3.8) is 0 Å². The third kappa shape index (κ3) is 10.1. The molecule has 0 spiro atoms. The highest BCUT2D eigenvalue weighted by Gasteiger charge is 2.31. The molecule has 0 saturated carbocycles. The summed E-state index contributed by atoms with van der Waals surface area (Å²) in [6, 6.07) is 7.22. The molecule has 0 aliphatic carbocycles. The van der Waals surface area contributed by atoms with Crippen molar-refractivity contribution in [3.05, 3.63) is 59.7 Å². The maximum atomic E-state index is 11.4. The van der Waals surface area contributed by atoms with Gasteiger partial charge >= 0.3 is 23.9 Å². The second-order valence-electron chi connectivity index (χ2n) is 8.83. The van der Waals surface area contributed by atoms with E-state index in [9.17, 15) is 19.2 Å². The highest BCUT2D eigenvalue weighted by Crippen LogP contribution is 2.18. The van der Waals surface area contributed by atoms with Crippen molar-refractivity contribution < 1.29 is 47.6 Å². The fraction of sp³-hybridized carbons (Fsp3) is 0.400. The highest BCUT2D eigenvalue weighted by atomic mass is 16.6. The van der Waals surface area contributed by atoms with Gasteiger partial charge in [0.05, 0.1) is 0 Å². The van der Waals surface area contributed by atoms with Gasteiger partial charge in [-0.1, -0.05) is 23.7 Å². The lowest BCUT2D eigenvalue weighted by atomic mass is 10.1. The van der Waals surface area contributed by atoms with Gasteiger partial charge in [0, 0.05) is 38.8 Å². The Balaban J connectivity index is 1.63. The fourth-order valence-electron chi connectivity index (χ4n) is 3.68. The summed E-state index contributed by atoms with van der Waals surface area (Å²) in [5.41, 5.74) is 1.45. The zero-order valence-corrected chi connectivity index (χ0v) is 22.6. The third-order valence-electron chi connectivity index (χ3n) is 5.44. The molecule has 2 aliphatic rings. The molecule has 1 aromatic carbocycles. The minimum atomic E-state index is -0.680. The minimum Gasteiger partial charge on any atom is -0.463 e. The van der Waals surface area contributed by atoms with Crippen LogP contribution in [0.5, 0.6) is 0 Å². The summed E-state index contributed by atoms with van der Waals surface area (Å²) >= 11 is 0. The molecule has 10 nitrogen and oxygen atoms in total. The number of carbonyl (C=O) groups is 4. The maximum absolute atomic E-state index is 11.4. The van der Waals surface area contributed by atoms with E-state index in [1.807, 2.05) is 0 Å². The highest BCUT2D eigenvalue weighted by molar-refractivity contribution is 5.67. The Kier molecular flexibility index (Phi) is 11.1. The van der Waals surface area contributed by atoms with Crippen LogP contribution in [0.4, 0.5) is 0 Å². The predicted molar refractivity (Wildman–Crippen MR) is 140 cm³/mol. The first-order valence-corrected chi connectivity index (χ1v) is 12.5. The molecule has 0 saturated heterocycles. The summed E-state index contributed by atoms with van der Waals surface area (Å²) in [6.45, 7) is 5.01. The molecule has 10 heteroatoms. The van der Waals surface area contributed by atoms with Crippen LogP contribution in [0, 0.1) is 23.7 Å². The molecule has 0 amide bonds. The molecule has 2 heterocycles. The van der Waals surface area contributed by atoms with Crippen LogP contribution in [-0.4, -0.2) is 73.7 Å². The van der Waals surface area contributed by atoms with E-state index in [1.165, 1.54) is 27.7 Å². The average Bonchev–Trinajstić information content (AvgIpc) is 2.90.